The van der Waals surface area contributed by atoms with E-state index in [9.17, 15) is 44.4 Å². The van der Waals surface area contributed by atoms with Crippen LogP contribution < -0.4 is 5.32 Å². The van der Waals surface area contributed by atoms with Crippen molar-refractivity contribution in [2.45, 2.75) is 128 Å². The van der Waals surface area contributed by atoms with Gasteiger partial charge in [-0.2, -0.15) is 0 Å². The van der Waals surface area contributed by atoms with Crippen LogP contribution in [0.3, 0.4) is 0 Å². The summed E-state index contributed by atoms with van der Waals surface area (Å²) in [6.07, 6.45) is -11.5. The molecule has 18 heteroatoms. The molecule has 1 heterocycles. The highest BCUT2D eigenvalue weighted by Gasteiger charge is 2.78. The van der Waals surface area contributed by atoms with Crippen molar-refractivity contribution < 1.29 is 84.5 Å². The van der Waals surface area contributed by atoms with Crippen LogP contribution in [0.4, 0.5) is 4.79 Å². The van der Waals surface area contributed by atoms with E-state index in [4.69, 9.17) is 23.7 Å². The molecule has 11 atom stereocenters. The van der Waals surface area contributed by atoms with E-state index in [0.717, 1.165) is 6.92 Å². The lowest BCUT2D eigenvalue weighted by atomic mass is 9.44. The van der Waals surface area contributed by atoms with Crippen molar-refractivity contribution in [3.8, 4) is 0 Å². The Morgan fingerprint density at radius 3 is 2.02 bits per heavy atom. The SMILES string of the molecule is CC(=O)O[C@@]12CO[C@@H]1C[C@H](O)[C@@]1(C)C(=O)[C@H](O)C3=C(C)[C@@H](OC(=O)[C@H](O)[C@@H](NC(=O)OC(C)(C)C)c4ccccc4)C[C@@](O)([C@@H](OC(=O)c4ccccc4)C12)C3(C)C.O.O.O. The topological polar surface area (TPSA) is 319 Å². The minimum Gasteiger partial charge on any atom is -0.456 e. The van der Waals surface area contributed by atoms with Gasteiger partial charge in [0, 0.05) is 25.2 Å². The smallest absolute Gasteiger partial charge is 0.408 e. The number of hydrogen-bond acceptors (Lipinski definition) is 14. The monoisotopic (exact) mass is 861 g/mol. The molecule has 1 amide bonds. The molecule has 0 aromatic heterocycles. The molecule has 2 bridgehead atoms. The van der Waals surface area contributed by atoms with E-state index < -0.39 is 112 Å². The summed E-state index contributed by atoms with van der Waals surface area (Å²) in [7, 11) is 0. The summed E-state index contributed by atoms with van der Waals surface area (Å²) in [5.41, 5.74) is -8.14. The Kier molecular flexibility index (Phi) is 14.8. The quantitative estimate of drug-likeness (QED) is 0.139. The van der Waals surface area contributed by atoms with Crippen LogP contribution in [0, 0.1) is 16.7 Å². The molecule has 0 radical (unpaired) electrons. The number of carbonyl (C=O) groups excluding carboxylic acids is 5. The molecule has 2 aromatic carbocycles. The molecule has 2 aromatic rings. The van der Waals surface area contributed by atoms with Crippen molar-refractivity contribution in [3.63, 3.8) is 0 Å². The minimum atomic E-state index is -2.35. The first-order chi connectivity index (χ1) is 27.0. The van der Waals surface area contributed by atoms with E-state index in [2.05, 4.69) is 5.32 Å². The summed E-state index contributed by atoms with van der Waals surface area (Å²) >= 11 is 0. The molecule has 1 aliphatic heterocycles. The van der Waals surface area contributed by atoms with Crippen molar-refractivity contribution >= 4 is 29.8 Å². The van der Waals surface area contributed by atoms with Crippen molar-refractivity contribution in [1.82, 2.24) is 5.32 Å². The fourth-order valence-electron chi connectivity index (χ4n) is 9.56. The zero-order chi connectivity index (χ0) is 42.7. The molecule has 338 valence electrons. The summed E-state index contributed by atoms with van der Waals surface area (Å²) in [5.74, 6) is -5.36. The second kappa shape index (κ2) is 17.9. The lowest BCUT2D eigenvalue weighted by molar-refractivity contribution is -0.346. The second-order valence-electron chi connectivity index (χ2n) is 17.6. The van der Waals surface area contributed by atoms with Gasteiger partial charge in [-0.05, 0) is 63.5 Å². The highest BCUT2D eigenvalue weighted by Crippen LogP contribution is 2.64. The van der Waals surface area contributed by atoms with Gasteiger partial charge in [-0.3, -0.25) is 9.59 Å². The van der Waals surface area contributed by atoms with Crippen LogP contribution in [0.15, 0.2) is 71.8 Å². The molecule has 4 aliphatic rings. The Labute approximate surface area is 353 Å². The van der Waals surface area contributed by atoms with Crippen LogP contribution in [0.5, 0.6) is 0 Å². The molecule has 61 heavy (non-hydrogen) atoms. The Bertz CT molecular complexity index is 1980. The standard InChI is InChI=1S/C43H53NO14.3H2O/c1-22-26(55-37(51)32(48)30(24-15-11-9-12-16-24)44-38(52)58-39(3,4)5)20-43(53)35(56-36(50)25-17-13-10-14-18-25)33-41(8,34(49)31(47)29(22)40(43,6)7)27(46)19-28-42(33,21-54-28)57-23(2)45;;;/h9-18,26-28,30-33,35,46-48,53H,19-21H2,1-8H3,(H,44,52);3*1H2/t26-,27-,28+,30-,31+,32+,33?,35-,41+,42-,43+;;;/m0.../s1. The molecule has 18 nitrogen and oxygen atoms in total. The largest absolute Gasteiger partial charge is 0.456 e. The number of alkyl carbamates (subject to hydrolysis) is 1. The van der Waals surface area contributed by atoms with Crippen LogP contribution in [0.1, 0.15) is 90.2 Å². The number of nitrogens with one attached hydrogen (secondary N) is 1. The van der Waals surface area contributed by atoms with Crippen molar-refractivity contribution in [2.24, 2.45) is 16.7 Å². The maximum Gasteiger partial charge on any atom is 0.408 e. The maximum absolute atomic E-state index is 14.9. The summed E-state index contributed by atoms with van der Waals surface area (Å²) in [6, 6.07) is 14.6. The highest BCUT2D eigenvalue weighted by atomic mass is 16.6. The number of benzene rings is 2. The highest BCUT2D eigenvalue weighted by molar-refractivity contribution is 5.94. The van der Waals surface area contributed by atoms with Crippen LogP contribution >= 0.6 is 0 Å². The van der Waals surface area contributed by atoms with Gasteiger partial charge in [-0.25, -0.2) is 14.4 Å². The first-order valence-electron chi connectivity index (χ1n) is 19.3. The number of ketones is 1. The Hall–Kier alpha value is -4.79. The van der Waals surface area contributed by atoms with E-state index in [1.54, 1.807) is 83.1 Å². The molecule has 2 saturated carbocycles. The molecule has 0 spiro atoms. The molecule has 3 fully saturated rings. The summed E-state index contributed by atoms with van der Waals surface area (Å²) < 4.78 is 29.5. The zero-order valence-electron chi connectivity index (χ0n) is 35.4. The molecule has 6 rings (SSSR count). The van der Waals surface area contributed by atoms with Gasteiger partial charge >= 0.3 is 24.0 Å². The lowest BCUT2D eigenvalue weighted by Gasteiger charge is -2.67. The van der Waals surface area contributed by atoms with Gasteiger partial charge in [0.2, 0.25) is 0 Å². The number of amides is 1. The fourth-order valence-corrected chi connectivity index (χ4v) is 9.56. The number of esters is 3. The predicted octanol–water partition coefficient (Wildman–Crippen LogP) is 0.786. The molecule has 1 unspecified atom stereocenters. The van der Waals surface area contributed by atoms with Gasteiger partial charge < -0.3 is 65.9 Å². The first-order valence-corrected chi connectivity index (χ1v) is 19.3. The third-order valence-electron chi connectivity index (χ3n) is 12.6. The summed E-state index contributed by atoms with van der Waals surface area (Å²) in [5, 5.41) is 51.6. The average Bonchev–Trinajstić information content (AvgIpc) is 3.14. The normalized spacial score (nSPS) is 32.0. The number of rotatable bonds is 8. The van der Waals surface area contributed by atoms with Gasteiger partial charge in [-0.1, -0.05) is 62.4 Å². The molecule has 11 N–H and O–H groups in total. The molecular formula is C43H59NO17. The van der Waals surface area contributed by atoms with E-state index in [0.29, 0.717) is 5.56 Å². The van der Waals surface area contributed by atoms with Crippen LogP contribution in [-0.4, -0.2) is 127 Å². The van der Waals surface area contributed by atoms with E-state index in [1.165, 1.54) is 26.0 Å². The predicted molar refractivity (Wildman–Crippen MR) is 214 cm³/mol. The first kappa shape index (κ1) is 50.6. The third kappa shape index (κ3) is 8.55. The number of Topliss-reactive ketones (excluding diaryl/α,β-unsaturated/α-hetero) is 1. The Morgan fingerprint density at radius 2 is 1.49 bits per heavy atom. The third-order valence-corrected chi connectivity index (χ3v) is 12.6. The molecular weight excluding hydrogens is 802 g/mol. The van der Waals surface area contributed by atoms with Crippen LogP contribution in [0.25, 0.3) is 0 Å². The van der Waals surface area contributed by atoms with Crippen molar-refractivity contribution in [1.29, 1.82) is 0 Å². The van der Waals surface area contributed by atoms with Gasteiger partial charge in [0.1, 0.15) is 35.6 Å². The van der Waals surface area contributed by atoms with E-state index >= 15 is 0 Å². The number of fused-ring (bicyclic) bond motifs is 5. The second-order valence-corrected chi connectivity index (χ2v) is 17.6. The number of aliphatic hydroxyl groups is 4. The molecule has 1 saturated heterocycles. The number of aliphatic hydroxyl groups excluding tert-OH is 3. The number of hydrogen-bond donors (Lipinski definition) is 5. The maximum atomic E-state index is 14.9. The van der Waals surface area contributed by atoms with Gasteiger partial charge in [0.05, 0.1) is 35.6 Å². The fraction of sp³-hybridized carbons (Fsp3) is 0.558. The summed E-state index contributed by atoms with van der Waals surface area (Å²) in [6.45, 7) is 11.8. The molecule has 3 aliphatic carbocycles. The van der Waals surface area contributed by atoms with Crippen LogP contribution in [0.2, 0.25) is 0 Å². The van der Waals surface area contributed by atoms with Gasteiger partial charge in [0.15, 0.2) is 17.5 Å². The number of carbonyl (C=O) groups is 5. The zero-order valence-corrected chi connectivity index (χ0v) is 35.4. The Morgan fingerprint density at radius 1 is 0.918 bits per heavy atom. The minimum absolute atomic E-state index is 0. The van der Waals surface area contributed by atoms with Gasteiger partial charge in [0.25, 0.3) is 0 Å². The van der Waals surface area contributed by atoms with E-state index in [1.807, 2.05) is 0 Å². The number of ether oxygens (including phenoxy) is 5. The van der Waals surface area contributed by atoms with Gasteiger partial charge in [-0.15, -0.1) is 0 Å². The summed E-state index contributed by atoms with van der Waals surface area (Å²) in [4.78, 5) is 68.9. The lowest BCUT2D eigenvalue weighted by Crippen LogP contribution is -2.81. The Balaban J connectivity index is 0.00000331. The van der Waals surface area contributed by atoms with E-state index in [-0.39, 0.29) is 46.2 Å². The van der Waals surface area contributed by atoms with Crippen LogP contribution in [-0.2, 0) is 38.1 Å². The van der Waals surface area contributed by atoms with Crippen molar-refractivity contribution in [3.05, 3.63) is 82.9 Å². The average molecular weight is 862 g/mol. The van der Waals surface area contributed by atoms with Crippen molar-refractivity contribution in [2.75, 3.05) is 6.61 Å².